The van der Waals surface area contributed by atoms with Crippen LogP contribution >= 0.6 is 0 Å². The highest BCUT2D eigenvalue weighted by molar-refractivity contribution is 6.12. The van der Waals surface area contributed by atoms with Crippen molar-refractivity contribution >= 4 is 11.8 Å². The third-order valence-electron chi connectivity index (χ3n) is 2.62. The van der Waals surface area contributed by atoms with Crippen molar-refractivity contribution in [2.24, 2.45) is 5.92 Å². The zero-order chi connectivity index (χ0) is 10.6. The Hall–Kier alpha value is -1.12. The van der Waals surface area contributed by atoms with E-state index in [1.54, 1.807) is 0 Å². The maximum Gasteiger partial charge on any atom is 0.253 e. The van der Waals surface area contributed by atoms with Gasteiger partial charge in [-0.1, -0.05) is 26.7 Å². The van der Waals surface area contributed by atoms with E-state index in [1.807, 2.05) is 0 Å². The van der Waals surface area contributed by atoms with E-state index in [4.69, 9.17) is 0 Å². The van der Waals surface area contributed by atoms with Crippen molar-refractivity contribution in [3.63, 3.8) is 0 Å². The zero-order valence-corrected chi connectivity index (χ0v) is 8.82. The van der Waals surface area contributed by atoms with Gasteiger partial charge in [0.2, 0.25) is 0 Å². The Balaban J connectivity index is 2.50. The molecule has 14 heavy (non-hydrogen) atoms. The normalized spacial score (nSPS) is 18.0. The van der Waals surface area contributed by atoms with Gasteiger partial charge >= 0.3 is 0 Å². The number of hydrogen-bond acceptors (Lipinski definition) is 2. The fourth-order valence-corrected chi connectivity index (χ4v) is 1.70. The second kappa shape index (κ2) is 4.94. The van der Waals surface area contributed by atoms with Crippen molar-refractivity contribution in [1.82, 2.24) is 4.90 Å². The number of carbonyl (C=O) groups excluding carboxylic acids is 2. The van der Waals surface area contributed by atoms with Crippen LogP contribution in [0.2, 0.25) is 0 Å². The van der Waals surface area contributed by atoms with Crippen LogP contribution in [-0.4, -0.2) is 23.3 Å². The Morgan fingerprint density at radius 3 is 2.21 bits per heavy atom. The molecule has 0 fully saturated rings. The van der Waals surface area contributed by atoms with Crippen molar-refractivity contribution in [2.45, 2.75) is 33.1 Å². The van der Waals surface area contributed by atoms with Gasteiger partial charge in [-0.15, -0.1) is 0 Å². The van der Waals surface area contributed by atoms with Gasteiger partial charge in [0.15, 0.2) is 0 Å². The standard InChI is InChI=1S/C11H17NO2/c1-3-5-9(4-2)8-12-10(13)6-7-11(12)14/h6-7,9H,3-5,8H2,1-2H3. The molecule has 1 atom stereocenters. The largest absolute Gasteiger partial charge is 0.275 e. The van der Waals surface area contributed by atoms with Gasteiger partial charge in [0.05, 0.1) is 0 Å². The molecule has 1 rings (SSSR count). The van der Waals surface area contributed by atoms with E-state index in [1.165, 1.54) is 17.1 Å². The van der Waals surface area contributed by atoms with Crippen LogP contribution in [0.1, 0.15) is 33.1 Å². The molecular weight excluding hydrogens is 178 g/mol. The molecule has 78 valence electrons. The summed E-state index contributed by atoms with van der Waals surface area (Å²) in [5.74, 6) is 0.127. The minimum atomic E-state index is -0.162. The molecule has 2 amide bonds. The van der Waals surface area contributed by atoms with Gasteiger partial charge in [-0.3, -0.25) is 14.5 Å². The van der Waals surface area contributed by atoms with E-state index in [9.17, 15) is 9.59 Å². The summed E-state index contributed by atoms with van der Waals surface area (Å²) in [6.45, 7) is 4.79. The van der Waals surface area contributed by atoms with Crippen LogP contribution in [0, 0.1) is 5.92 Å². The number of nitrogens with zero attached hydrogens (tertiary/aromatic N) is 1. The predicted molar refractivity (Wildman–Crippen MR) is 54.5 cm³/mol. The van der Waals surface area contributed by atoms with Gasteiger partial charge < -0.3 is 0 Å². The summed E-state index contributed by atoms with van der Waals surface area (Å²) in [6, 6.07) is 0. The number of carbonyl (C=O) groups is 2. The molecule has 0 saturated carbocycles. The van der Waals surface area contributed by atoms with Gasteiger partial charge in [0.25, 0.3) is 11.8 Å². The van der Waals surface area contributed by atoms with E-state index in [0.29, 0.717) is 12.5 Å². The lowest BCUT2D eigenvalue weighted by Gasteiger charge is -2.20. The molecule has 1 heterocycles. The zero-order valence-electron chi connectivity index (χ0n) is 8.82. The smallest absolute Gasteiger partial charge is 0.253 e. The van der Waals surface area contributed by atoms with Crippen LogP contribution in [0.5, 0.6) is 0 Å². The van der Waals surface area contributed by atoms with Crippen molar-refractivity contribution in [2.75, 3.05) is 6.54 Å². The van der Waals surface area contributed by atoms with Crippen molar-refractivity contribution in [1.29, 1.82) is 0 Å². The highest BCUT2D eigenvalue weighted by Gasteiger charge is 2.25. The van der Waals surface area contributed by atoms with Crippen molar-refractivity contribution < 1.29 is 9.59 Å². The first-order chi connectivity index (χ1) is 6.69. The molecule has 3 heteroatoms. The first-order valence-corrected chi connectivity index (χ1v) is 5.22. The molecule has 0 N–H and O–H groups in total. The summed E-state index contributed by atoms with van der Waals surface area (Å²) in [5, 5.41) is 0. The minimum Gasteiger partial charge on any atom is -0.275 e. The summed E-state index contributed by atoms with van der Waals surface area (Å²) in [5.41, 5.74) is 0. The molecule has 0 bridgehead atoms. The van der Waals surface area contributed by atoms with Crippen molar-refractivity contribution in [3.8, 4) is 0 Å². The highest BCUT2D eigenvalue weighted by atomic mass is 16.2. The average molecular weight is 195 g/mol. The Kier molecular flexibility index (Phi) is 3.86. The topological polar surface area (TPSA) is 37.4 Å². The molecule has 0 aromatic carbocycles. The van der Waals surface area contributed by atoms with E-state index in [2.05, 4.69) is 13.8 Å². The molecule has 3 nitrogen and oxygen atoms in total. The third-order valence-corrected chi connectivity index (χ3v) is 2.62. The molecule has 0 aliphatic carbocycles. The minimum absolute atomic E-state index is 0.162. The predicted octanol–water partition coefficient (Wildman–Crippen LogP) is 1.74. The lowest BCUT2D eigenvalue weighted by Crippen LogP contribution is -2.34. The monoisotopic (exact) mass is 195 g/mol. The van der Waals surface area contributed by atoms with Gasteiger partial charge in [-0.25, -0.2) is 0 Å². The lowest BCUT2D eigenvalue weighted by atomic mass is 10.0. The molecule has 1 unspecified atom stereocenters. The first kappa shape index (κ1) is 11.0. The number of hydrogen-bond donors (Lipinski definition) is 0. The average Bonchev–Trinajstić information content (AvgIpc) is 2.48. The number of rotatable bonds is 5. The highest BCUT2D eigenvalue weighted by Crippen LogP contribution is 2.15. The number of imide groups is 1. The van der Waals surface area contributed by atoms with Gasteiger partial charge in [0.1, 0.15) is 0 Å². The maximum absolute atomic E-state index is 11.3. The Morgan fingerprint density at radius 2 is 1.79 bits per heavy atom. The summed E-state index contributed by atoms with van der Waals surface area (Å²) < 4.78 is 0. The van der Waals surface area contributed by atoms with Crippen LogP contribution in [0.25, 0.3) is 0 Å². The van der Waals surface area contributed by atoms with E-state index >= 15 is 0 Å². The van der Waals surface area contributed by atoms with E-state index in [0.717, 1.165) is 19.3 Å². The molecule has 1 aliphatic heterocycles. The van der Waals surface area contributed by atoms with Gasteiger partial charge in [0, 0.05) is 18.7 Å². The first-order valence-electron chi connectivity index (χ1n) is 5.22. The second-order valence-corrected chi connectivity index (χ2v) is 3.68. The summed E-state index contributed by atoms with van der Waals surface area (Å²) >= 11 is 0. The maximum atomic E-state index is 11.3. The Morgan fingerprint density at radius 1 is 1.21 bits per heavy atom. The molecule has 0 aromatic heterocycles. The van der Waals surface area contributed by atoms with Crippen LogP contribution in [0.4, 0.5) is 0 Å². The van der Waals surface area contributed by atoms with Crippen LogP contribution in [-0.2, 0) is 9.59 Å². The fourth-order valence-electron chi connectivity index (χ4n) is 1.70. The van der Waals surface area contributed by atoms with Crippen LogP contribution in [0.3, 0.4) is 0 Å². The van der Waals surface area contributed by atoms with Crippen molar-refractivity contribution in [3.05, 3.63) is 12.2 Å². The summed E-state index contributed by atoms with van der Waals surface area (Å²) in [6.07, 6.45) is 5.89. The van der Waals surface area contributed by atoms with Gasteiger partial charge in [-0.05, 0) is 12.3 Å². The number of amides is 2. The molecule has 0 spiro atoms. The van der Waals surface area contributed by atoms with Crippen LogP contribution < -0.4 is 0 Å². The third kappa shape index (κ3) is 2.44. The van der Waals surface area contributed by atoms with E-state index in [-0.39, 0.29) is 11.8 Å². The lowest BCUT2D eigenvalue weighted by molar-refractivity contribution is -0.137. The molecular formula is C11H17NO2. The quantitative estimate of drug-likeness (QED) is 0.626. The van der Waals surface area contributed by atoms with E-state index < -0.39 is 0 Å². The summed E-state index contributed by atoms with van der Waals surface area (Å²) in [4.78, 5) is 23.9. The molecule has 0 radical (unpaired) electrons. The Labute approximate surface area is 84.8 Å². The Bertz CT molecular complexity index is 240. The van der Waals surface area contributed by atoms with Gasteiger partial charge in [-0.2, -0.15) is 0 Å². The fraction of sp³-hybridized carbons (Fsp3) is 0.636. The molecule has 0 saturated heterocycles. The second-order valence-electron chi connectivity index (χ2n) is 3.68. The van der Waals surface area contributed by atoms with Crippen LogP contribution in [0.15, 0.2) is 12.2 Å². The molecule has 0 aromatic rings. The SMILES string of the molecule is CCCC(CC)CN1C(=O)C=CC1=O. The molecule has 1 aliphatic rings. The summed E-state index contributed by atoms with van der Waals surface area (Å²) in [7, 11) is 0.